The Labute approximate surface area is 99.7 Å². The van der Waals surface area contributed by atoms with Gasteiger partial charge >= 0.3 is 0 Å². The van der Waals surface area contributed by atoms with Gasteiger partial charge in [-0.3, -0.25) is 4.79 Å². The summed E-state index contributed by atoms with van der Waals surface area (Å²) in [6.45, 7) is 5.51. The summed E-state index contributed by atoms with van der Waals surface area (Å²) in [6, 6.07) is 0. The Hall–Kier alpha value is -0.940. The van der Waals surface area contributed by atoms with E-state index in [2.05, 4.69) is 10.3 Å². The molecule has 0 atom stereocenters. The van der Waals surface area contributed by atoms with Crippen molar-refractivity contribution in [1.82, 2.24) is 15.2 Å². The van der Waals surface area contributed by atoms with Crippen LogP contribution in [0.1, 0.15) is 17.1 Å². The quantitative estimate of drug-likeness (QED) is 0.849. The van der Waals surface area contributed by atoms with Gasteiger partial charge < -0.3 is 10.2 Å². The van der Waals surface area contributed by atoms with Gasteiger partial charge in [-0.2, -0.15) is 0 Å². The van der Waals surface area contributed by atoms with Gasteiger partial charge in [-0.25, -0.2) is 4.98 Å². The Morgan fingerprint density at radius 1 is 1.56 bits per heavy atom. The lowest BCUT2D eigenvalue weighted by molar-refractivity contribution is -0.131. The molecule has 16 heavy (non-hydrogen) atoms. The van der Waals surface area contributed by atoms with Gasteiger partial charge in [0, 0.05) is 50.1 Å². The molecule has 0 aliphatic carbocycles. The summed E-state index contributed by atoms with van der Waals surface area (Å²) in [6.07, 6.45) is 1.37. The summed E-state index contributed by atoms with van der Waals surface area (Å²) < 4.78 is 0. The molecule has 2 heterocycles. The normalized spacial score (nSPS) is 16.4. The van der Waals surface area contributed by atoms with Crippen molar-refractivity contribution in [2.45, 2.75) is 19.8 Å². The minimum atomic E-state index is 0.259. The molecule has 4 nitrogen and oxygen atoms in total. The van der Waals surface area contributed by atoms with Crippen LogP contribution in [0.2, 0.25) is 0 Å². The van der Waals surface area contributed by atoms with E-state index in [4.69, 9.17) is 0 Å². The van der Waals surface area contributed by atoms with E-state index < -0.39 is 0 Å². The van der Waals surface area contributed by atoms with Crippen LogP contribution in [0, 0.1) is 6.92 Å². The van der Waals surface area contributed by atoms with Crippen LogP contribution in [-0.2, 0) is 11.2 Å². The summed E-state index contributed by atoms with van der Waals surface area (Å²) in [7, 11) is 0. The Balaban J connectivity index is 1.78. The predicted octanol–water partition coefficient (Wildman–Crippen LogP) is 0.816. The summed E-state index contributed by atoms with van der Waals surface area (Å²) in [5, 5.41) is 6.35. The highest BCUT2D eigenvalue weighted by Gasteiger charge is 2.16. The smallest absolute Gasteiger partial charge is 0.223 e. The lowest BCUT2D eigenvalue weighted by Crippen LogP contribution is -2.46. The molecule has 0 saturated carbocycles. The van der Waals surface area contributed by atoms with Gasteiger partial charge in [0.2, 0.25) is 5.91 Å². The third kappa shape index (κ3) is 3.02. The molecule has 1 saturated heterocycles. The summed E-state index contributed by atoms with van der Waals surface area (Å²) in [4.78, 5) is 18.2. The first-order valence-corrected chi connectivity index (χ1v) is 6.53. The highest BCUT2D eigenvalue weighted by Crippen LogP contribution is 2.11. The van der Waals surface area contributed by atoms with E-state index in [1.54, 1.807) is 11.3 Å². The Morgan fingerprint density at radius 2 is 2.31 bits per heavy atom. The SMILES string of the molecule is Cc1csc(CCC(=O)N2CCNCC2)n1. The first kappa shape index (κ1) is 11.5. The van der Waals surface area contributed by atoms with Crippen LogP contribution in [0.4, 0.5) is 0 Å². The molecule has 88 valence electrons. The number of carbonyl (C=O) groups excluding carboxylic acids is 1. The maximum Gasteiger partial charge on any atom is 0.223 e. The molecular formula is C11H17N3OS. The van der Waals surface area contributed by atoms with Crippen LogP contribution in [0.3, 0.4) is 0 Å². The number of aromatic nitrogens is 1. The van der Waals surface area contributed by atoms with Crippen LogP contribution in [0.5, 0.6) is 0 Å². The monoisotopic (exact) mass is 239 g/mol. The number of carbonyl (C=O) groups is 1. The zero-order chi connectivity index (χ0) is 11.4. The maximum absolute atomic E-state index is 11.9. The lowest BCUT2D eigenvalue weighted by atomic mass is 10.2. The van der Waals surface area contributed by atoms with Crippen LogP contribution < -0.4 is 5.32 Å². The molecule has 1 amide bonds. The Bertz CT molecular complexity index is 358. The highest BCUT2D eigenvalue weighted by molar-refractivity contribution is 7.09. The second-order valence-corrected chi connectivity index (χ2v) is 4.96. The number of nitrogens with one attached hydrogen (secondary N) is 1. The largest absolute Gasteiger partial charge is 0.340 e. The molecule has 2 rings (SSSR count). The minimum Gasteiger partial charge on any atom is -0.340 e. The second kappa shape index (κ2) is 5.41. The molecule has 1 fully saturated rings. The van der Waals surface area contributed by atoms with Gasteiger partial charge in [0.25, 0.3) is 0 Å². The molecule has 1 aromatic rings. The van der Waals surface area contributed by atoms with Crippen LogP contribution in [0.25, 0.3) is 0 Å². The van der Waals surface area contributed by atoms with Gasteiger partial charge in [0.15, 0.2) is 0 Å². The van der Waals surface area contributed by atoms with Crippen molar-refractivity contribution in [3.63, 3.8) is 0 Å². The molecule has 1 N–H and O–H groups in total. The van der Waals surface area contributed by atoms with Crippen LogP contribution >= 0.6 is 11.3 Å². The van der Waals surface area contributed by atoms with Gasteiger partial charge in [0.05, 0.1) is 5.01 Å². The summed E-state index contributed by atoms with van der Waals surface area (Å²) in [5.74, 6) is 0.259. The minimum absolute atomic E-state index is 0.259. The molecule has 0 unspecified atom stereocenters. The third-order valence-electron chi connectivity index (χ3n) is 2.69. The number of hydrogen-bond donors (Lipinski definition) is 1. The standard InChI is InChI=1S/C11H17N3OS/c1-9-8-16-10(13-9)2-3-11(15)14-6-4-12-5-7-14/h8,12H,2-7H2,1H3. The highest BCUT2D eigenvalue weighted by atomic mass is 32.1. The number of nitrogens with zero attached hydrogens (tertiary/aromatic N) is 2. The lowest BCUT2D eigenvalue weighted by Gasteiger charge is -2.27. The average molecular weight is 239 g/mol. The fraction of sp³-hybridized carbons (Fsp3) is 0.636. The maximum atomic E-state index is 11.9. The summed E-state index contributed by atoms with van der Waals surface area (Å²) in [5.41, 5.74) is 1.05. The number of thiazole rings is 1. The number of aryl methyl sites for hydroxylation is 2. The van der Waals surface area contributed by atoms with Crippen molar-refractivity contribution in [2.24, 2.45) is 0 Å². The van der Waals surface area contributed by atoms with Crippen LogP contribution in [-0.4, -0.2) is 42.0 Å². The Morgan fingerprint density at radius 3 is 2.94 bits per heavy atom. The van der Waals surface area contributed by atoms with Gasteiger partial charge in [0.1, 0.15) is 0 Å². The van der Waals surface area contributed by atoms with Gasteiger partial charge in [-0.05, 0) is 6.92 Å². The molecule has 1 aliphatic heterocycles. The third-order valence-corrected chi connectivity index (χ3v) is 3.72. The molecule has 0 aromatic carbocycles. The zero-order valence-electron chi connectivity index (χ0n) is 9.53. The van der Waals surface area contributed by atoms with Crippen molar-refractivity contribution in [3.05, 3.63) is 16.1 Å². The van der Waals surface area contributed by atoms with Crippen molar-refractivity contribution < 1.29 is 4.79 Å². The fourth-order valence-corrected chi connectivity index (χ4v) is 2.58. The topological polar surface area (TPSA) is 45.2 Å². The van der Waals surface area contributed by atoms with Gasteiger partial charge in [-0.1, -0.05) is 0 Å². The van der Waals surface area contributed by atoms with E-state index in [9.17, 15) is 4.79 Å². The van der Waals surface area contributed by atoms with Crippen molar-refractivity contribution >= 4 is 17.2 Å². The van der Waals surface area contributed by atoms with Crippen molar-refractivity contribution in [2.75, 3.05) is 26.2 Å². The van der Waals surface area contributed by atoms with Gasteiger partial charge in [-0.15, -0.1) is 11.3 Å². The average Bonchev–Trinajstić information content (AvgIpc) is 2.73. The number of piperazine rings is 1. The van der Waals surface area contributed by atoms with E-state index >= 15 is 0 Å². The molecule has 1 aromatic heterocycles. The van der Waals surface area contributed by atoms with E-state index in [0.29, 0.717) is 6.42 Å². The molecule has 0 radical (unpaired) electrons. The van der Waals surface area contributed by atoms with Crippen LogP contribution in [0.15, 0.2) is 5.38 Å². The molecule has 0 spiro atoms. The Kier molecular flexibility index (Phi) is 3.90. The van der Waals surface area contributed by atoms with E-state index in [1.807, 2.05) is 17.2 Å². The molecule has 1 aliphatic rings. The molecule has 0 bridgehead atoms. The van der Waals surface area contributed by atoms with E-state index in [1.165, 1.54) is 0 Å². The van der Waals surface area contributed by atoms with Crippen molar-refractivity contribution in [1.29, 1.82) is 0 Å². The second-order valence-electron chi connectivity index (χ2n) is 4.01. The first-order chi connectivity index (χ1) is 7.75. The predicted molar refractivity (Wildman–Crippen MR) is 64.6 cm³/mol. The molecular weight excluding hydrogens is 222 g/mol. The number of rotatable bonds is 3. The number of hydrogen-bond acceptors (Lipinski definition) is 4. The van der Waals surface area contributed by atoms with E-state index in [-0.39, 0.29) is 5.91 Å². The molecule has 5 heteroatoms. The zero-order valence-corrected chi connectivity index (χ0v) is 10.3. The first-order valence-electron chi connectivity index (χ1n) is 5.65. The summed E-state index contributed by atoms with van der Waals surface area (Å²) >= 11 is 1.64. The number of amides is 1. The van der Waals surface area contributed by atoms with Crippen molar-refractivity contribution in [3.8, 4) is 0 Å². The van der Waals surface area contributed by atoms with E-state index in [0.717, 1.165) is 43.3 Å². The fourth-order valence-electron chi connectivity index (χ4n) is 1.80.